The minimum absolute atomic E-state index is 0.655. The van der Waals surface area contributed by atoms with Crippen molar-refractivity contribution >= 4 is 0 Å². The van der Waals surface area contributed by atoms with Crippen LogP contribution < -0.4 is 5.32 Å². The number of hydrogen-bond acceptors (Lipinski definition) is 2. The summed E-state index contributed by atoms with van der Waals surface area (Å²) < 4.78 is 0. The van der Waals surface area contributed by atoms with E-state index in [1.165, 1.54) is 25.9 Å². The zero-order valence-electron chi connectivity index (χ0n) is 7.14. The van der Waals surface area contributed by atoms with E-state index in [0.717, 1.165) is 0 Å². The first-order chi connectivity index (χ1) is 5.33. The summed E-state index contributed by atoms with van der Waals surface area (Å²) in [5.41, 5.74) is 0. The SMILES string of the molecule is C#CCNC1CCN(C)CC1. The molecule has 0 unspecified atom stereocenters. The highest BCUT2D eigenvalue weighted by molar-refractivity contribution is 4.89. The Hall–Kier alpha value is -0.520. The Balaban J connectivity index is 2.13. The van der Waals surface area contributed by atoms with Gasteiger partial charge in [0, 0.05) is 6.04 Å². The Morgan fingerprint density at radius 3 is 2.73 bits per heavy atom. The third-order valence-electron chi connectivity index (χ3n) is 2.21. The molecule has 1 saturated heterocycles. The Kier molecular flexibility index (Phi) is 3.41. The van der Waals surface area contributed by atoms with Gasteiger partial charge < -0.3 is 10.2 Å². The summed E-state index contributed by atoms with van der Waals surface area (Å²) in [5, 5.41) is 3.33. The van der Waals surface area contributed by atoms with Gasteiger partial charge in [-0.05, 0) is 33.0 Å². The summed E-state index contributed by atoms with van der Waals surface area (Å²) in [5.74, 6) is 2.60. The fraction of sp³-hybridized carbons (Fsp3) is 0.778. The Morgan fingerprint density at radius 1 is 1.55 bits per heavy atom. The van der Waals surface area contributed by atoms with E-state index in [2.05, 4.69) is 23.2 Å². The van der Waals surface area contributed by atoms with Crippen molar-refractivity contribution in [3.63, 3.8) is 0 Å². The van der Waals surface area contributed by atoms with Gasteiger partial charge in [0.05, 0.1) is 6.54 Å². The Morgan fingerprint density at radius 2 is 2.18 bits per heavy atom. The molecule has 1 rings (SSSR count). The third-order valence-corrected chi connectivity index (χ3v) is 2.21. The first-order valence-electron chi connectivity index (χ1n) is 4.18. The van der Waals surface area contributed by atoms with E-state index in [9.17, 15) is 0 Å². The average Bonchev–Trinajstić information content (AvgIpc) is 2.04. The highest BCUT2D eigenvalue weighted by atomic mass is 15.1. The van der Waals surface area contributed by atoms with E-state index in [0.29, 0.717) is 12.6 Å². The number of rotatable bonds is 2. The molecule has 1 aliphatic rings. The van der Waals surface area contributed by atoms with E-state index < -0.39 is 0 Å². The van der Waals surface area contributed by atoms with Crippen LogP contribution in [0.15, 0.2) is 0 Å². The van der Waals surface area contributed by atoms with Crippen LogP contribution in [0.4, 0.5) is 0 Å². The molecule has 1 aliphatic heterocycles. The highest BCUT2D eigenvalue weighted by Crippen LogP contribution is 2.07. The number of piperidine rings is 1. The van der Waals surface area contributed by atoms with Gasteiger partial charge >= 0.3 is 0 Å². The highest BCUT2D eigenvalue weighted by Gasteiger charge is 2.14. The lowest BCUT2D eigenvalue weighted by molar-refractivity contribution is 0.238. The first kappa shape index (κ1) is 8.58. The monoisotopic (exact) mass is 152 g/mol. The minimum atomic E-state index is 0.655. The van der Waals surface area contributed by atoms with Gasteiger partial charge in [0.1, 0.15) is 0 Å². The predicted octanol–water partition coefficient (Wildman–Crippen LogP) is 0.303. The predicted molar refractivity (Wildman–Crippen MR) is 47.4 cm³/mol. The van der Waals surface area contributed by atoms with Crippen LogP contribution in [-0.2, 0) is 0 Å². The maximum absolute atomic E-state index is 5.15. The van der Waals surface area contributed by atoms with E-state index in [1.54, 1.807) is 0 Å². The van der Waals surface area contributed by atoms with Crippen LogP contribution >= 0.6 is 0 Å². The summed E-state index contributed by atoms with van der Waals surface area (Å²) in [6.07, 6.45) is 7.62. The van der Waals surface area contributed by atoms with Gasteiger partial charge in [0.25, 0.3) is 0 Å². The number of nitrogens with one attached hydrogen (secondary N) is 1. The normalized spacial score (nSPS) is 21.5. The van der Waals surface area contributed by atoms with Crippen molar-refractivity contribution in [2.24, 2.45) is 0 Å². The first-order valence-corrected chi connectivity index (χ1v) is 4.18. The summed E-state index contributed by atoms with van der Waals surface area (Å²) in [4.78, 5) is 2.36. The van der Waals surface area contributed by atoms with E-state index in [4.69, 9.17) is 6.42 Å². The van der Waals surface area contributed by atoms with Crippen molar-refractivity contribution in [1.82, 2.24) is 10.2 Å². The van der Waals surface area contributed by atoms with Gasteiger partial charge in [-0.1, -0.05) is 5.92 Å². The molecule has 0 atom stereocenters. The molecule has 0 aromatic carbocycles. The molecule has 2 heteroatoms. The molecular weight excluding hydrogens is 136 g/mol. The van der Waals surface area contributed by atoms with Crippen molar-refractivity contribution in [1.29, 1.82) is 0 Å². The van der Waals surface area contributed by atoms with Crippen molar-refractivity contribution in [2.45, 2.75) is 18.9 Å². The molecule has 0 aliphatic carbocycles. The molecule has 0 radical (unpaired) electrons. The van der Waals surface area contributed by atoms with Gasteiger partial charge in [-0.2, -0.15) is 0 Å². The van der Waals surface area contributed by atoms with Crippen LogP contribution in [0.1, 0.15) is 12.8 Å². The van der Waals surface area contributed by atoms with Crippen LogP contribution in [0.5, 0.6) is 0 Å². The summed E-state index contributed by atoms with van der Waals surface area (Å²) in [7, 11) is 2.16. The van der Waals surface area contributed by atoms with Crippen molar-refractivity contribution in [3.05, 3.63) is 0 Å². The van der Waals surface area contributed by atoms with E-state index in [-0.39, 0.29) is 0 Å². The average molecular weight is 152 g/mol. The fourth-order valence-corrected chi connectivity index (χ4v) is 1.42. The lowest BCUT2D eigenvalue weighted by Crippen LogP contribution is -2.40. The Labute approximate surface area is 69.0 Å². The van der Waals surface area contributed by atoms with Gasteiger partial charge in [-0.3, -0.25) is 0 Å². The molecule has 11 heavy (non-hydrogen) atoms. The molecule has 0 amide bonds. The number of likely N-dealkylation sites (tertiary alicyclic amines) is 1. The molecule has 0 spiro atoms. The van der Waals surface area contributed by atoms with Crippen LogP contribution in [0.2, 0.25) is 0 Å². The summed E-state index contributed by atoms with van der Waals surface area (Å²) in [6, 6.07) is 0.655. The standard InChI is InChI=1S/C9H16N2/c1-3-6-10-9-4-7-11(2)8-5-9/h1,9-10H,4-8H2,2H3. The smallest absolute Gasteiger partial charge is 0.0575 e. The maximum Gasteiger partial charge on any atom is 0.0575 e. The molecule has 2 nitrogen and oxygen atoms in total. The number of hydrogen-bond donors (Lipinski definition) is 1. The van der Waals surface area contributed by atoms with Crippen LogP contribution in [0.25, 0.3) is 0 Å². The van der Waals surface area contributed by atoms with Crippen molar-refractivity contribution in [3.8, 4) is 12.3 Å². The molecule has 62 valence electrons. The van der Waals surface area contributed by atoms with Crippen LogP contribution in [-0.4, -0.2) is 37.6 Å². The second-order valence-electron chi connectivity index (χ2n) is 3.16. The second kappa shape index (κ2) is 4.38. The van der Waals surface area contributed by atoms with Gasteiger partial charge in [-0.15, -0.1) is 6.42 Å². The Bertz CT molecular complexity index is 140. The lowest BCUT2D eigenvalue weighted by Gasteiger charge is -2.28. The second-order valence-corrected chi connectivity index (χ2v) is 3.16. The molecule has 0 aromatic rings. The van der Waals surface area contributed by atoms with Crippen LogP contribution in [0.3, 0.4) is 0 Å². The summed E-state index contributed by atoms with van der Waals surface area (Å²) in [6.45, 7) is 3.11. The molecule has 1 N–H and O–H groups in total. The topological polar surface area (TPSA) is 15.3 Å². The van der Waals surface area contributed by atoms with Gasteiger partial charge in [-0.25, -0.2) is 0 Å². The van der Waals surface area contributed by atoms with Gasteiger partial charge in [0.2, 0.25) is 0 Å². The van der Waals surface area contributed by atoms with E-state index >= 15 is 0 Å². The van der Waals surface area contributed by atoms with Gasteiger partial charge in [0.15, 0.2) is 0 Å². The van der Waals surface area contributed by atoms with Crippen molar-refractivity contribution in [2.75, 3.05) is 26.7 Å². The van der Waals surface area contributed by atoms with Crippen molar-refractivity contribution < 1.29 is 0 Å². The van der Waals surface area contributed by atoms with Crippen LogP contribution in [0, 0.1) is 12.3 Å². The largest absolute Gasteiger partial charge is 0.306 e. The fourth-order valence-electron chi connectivity index (χ4n) is 1.42. The molecule has 1 heterocycles. The maximum atomic E-state index is 5.15. The molecule has 0 saturated carbocycles. The zero-order chi connectivity index (χ0) is 8.10. The lowest BCUT2D eigenvalue weighted by atomic mass is 10.1. The quantitative estimate of drug-likeness (QED) is 0.573. The molecule has 0 bridgehead atoms. The van der Waals surface area contributed by atoms with E-state index in [1.807, 2.05) is 0 Å². The third kappa shape index (κ3) is 2.92. The molecule has 0 aromatic heterocycles. The molecule has 1 fully saturated rings. The minimum Gasteiger partial charge on any atom is -0.306 e. The molecular formula is C9H16N2. The zero-order valence-corrected chi connectivity index (χ0v) is 7.14. The summed E-state index contributed by atoms with van der Waals surface area (Å²) >= 11 is 0. The number of terminal acetylenes is 1. The number of nitrogens with zero attached hydrogens (tertiary/aromatic N) is 1.